The van der Waals surface area contributed by atoms with E-state index in [0.717, 1.165) is 36.2 Å². The molecule has 2 nitrogen and oxygen atoms in total. The van der Waals surface area contributed by atoms with Crippen molar-refractivity contribution in [3.05, 3.63) is 29.8 Å². The highest BCUT2D eigenvalue weighted by molar-refractivity contribution is 5.59. The molecular weight excluding hydrogens is 196 g/mol. The highest BCUT2D eigenvalue weighted by atomic mass is 15.2. The Balaban J connectivity index is 1.86. The second-order valence-corrected chi connectivity index (χ2v) is 4.98. The summed E-state index contributed by atoms with van der Waals surface area (Å²) in [5, 5.41) is 9.11. The molecule has 2 aliphatic rings. The fraction of sp³-hybridized carbons (Fsp3) is 0.500. The highest BCUT2D eigenvalue weighted by Gasteiger charge is 2.36. The number of para-hydroxylation sites is 1. The van der Waals surface area contributed by atoms with Crippen LogP contribution < -0.4 is 4.90 Å². The lowest BCUT2D eigenvalue weighted by molar-refractivity contribution is 0.494. The third-order valence-electron chi connectivity index (χ3n) is 4.09. The summed E-state index contributed by atoms with van der Waals surface area (Å²) in [5.41, 5.74) is 1.96. The molecule has 82 valence electrons. The molecule has 1 aromatic rings. The molecule has 1 aliphatic carbocycles. The number of rotatable bonds is 1. The molecule has 2 fully saturated rings. The molecule has 0 radical (unpaired) electrons. The third-order valence-corrected chi connectivity index (χ3v) is 4.09. The molecule has 0 amide bonds. The minimum absolute atomic E-state index is 0.822. The molecule has 1 saturated carbocycles. The summed E-state index contributed by atoms with van der Waals surface area (Å²) in [5.74, 6) is 1.76. The Labute approximate surface area is 96.5 Å². The minimum Gasteiger partial charge on any atom is -0.370 e. The fourth-order valence-electron chi connectivity index (χ4n) is 3.28. The smallest absolute Gasteiger partial charge is 0.101 e. The average Bonchev–Trinajstić information content (AvgIpc) is 2.89. The van der Waals surface area contributed by atoms with Gasteiger partial charge in [0, 0.05) is 13.1 Å². The molecule has 2 unspecified atom stereocenters. The standard InChI is InChI=1S/C14H16N2/c15-8-11-4-1-2-7-14(11)16-9-12-5-3-6-13(12)10-16/h1-2,4,7,12-13H,3,5-6,9-10H2. The monoisotopic (exact) mass is 212 g/mol. The quantitative estimate of drug-likeness (QED) is 0.715. The number of nitrogens with zero attached hydrogens (tertiary/aromatic N) is 2. The Bertz CT molecular complexity index is 421. The van der Waals surface area contributed by atoms with E-state index in [9.17, 15) is 0 Å². The number of anilines is 1. The van der Waals surface area contributed by atoms with Crippen LogP contribution in [-0.4, -0.2) is 13.1 Å². The lowest BCUT2D eigenvalue weighted by atomic mass is 10.0. The first-order chi connectivity index (χ1) is 7.88. The van der Waals surface area contributed by atoms with Crippen LogP contribution in [0.1, 0.15) is 24.8 Å². The number of nitriles is 1. The summed E-state index contributed by atoms with van der Waals surface area (Å²) in [6.45, 7) is 2.31. The molecule has 0 N–H and O–H groups in total. The molecule has 0 bridgehead atoms. The van der Waals surface area contributed by atoms with Gasteiger partial charge in [-0.2, -0.15) is 5.26 Å². The van der Waals surface area contributed by atoms with Crippen LogP contribution in [0.25, 0.3) is 0 Å². The Morgan fingerprint density at radius 2 is 1.81 bits per heavy atom. The molecule has 1 heterocycles. The second-order valence-electron chi connectivity index (χ2n) is 4.98. The van der Waals surface area contributed by atoms with Gasteiger partial charge in [0.25, 0.3) is 0 Å². The normalized spacial score (nSPS) is 27.8. The van der Waals surface area contributed by atoms with E-state index in [1.165, 1.54) is 19.3 Å². The second kappa shape index (κ2) is 3.83. The largest absolute Gasteiger partial charge is 0.370 e. The molecule has 2 heteroatoms. The molecule has 3 rings (SSSR count). The van der Waals surface area contributed by atoms with Crippen molar-refractivity contribution in [2.24, 2.45) is 11.8 Å². The van der Waals surface area contributed by atoms with Crippen molar-refractivity contribution in [1.82, 2.24) is 0 Å². The van der Waals surface area contributed by atoms with Crippen LogP contribution >= 0.6 is 0 Å². The average molecular weight is 212 g/mol. The maximum atomic E-state index is 9.11. The van der Waals surface area contributed by atoms with E-state index in [2.05, 4.69) is 17.0 Å². The van der Waals surface area contributed by atoms with Gasteiger partial charge in [0.05, 0.1) is 11.3 Å². The summed E-state index contributed by atoms with van der Waals surface area (Å²) >= 11 is 0. The Morgan fingerprint density at radius 3 is 2.50 bits per heavy atom. The van der Waals surface area contributed by atoms with Crippen LogP contribution in [0.5, 0.6) is 0 Å². The van der Waals surface area contributed by atoms with Gasteiger partial charge in [0.2, 0.25) is 0 Å². The summed E-state index contributed by atoms with van der Waals surface area (Å²) in [7, 11) is 0. The first kappa shape index (κ1) is 9.72. The third kappa shape index (κ3) is 1.48. The van der Waals surface area contributed by atoms with Crippen molar-refractivity contribution in [2.45, 2.75) is 19.3 Å². The van der Waals surface area contributed by atoms with E-state index in [-0.39, 0.29) is 0 Å². The number of benzene rings is 1. The van der Waals surface area contributed by atoms with Gasteiger partial charge in [-0.1, -0.05) is 18.6 Å². The summed E-state index contributed by atoms with van der Waals surface area (Å²) in [6.07, 6.45) is 4.18. The van der Waals surface area contributed by atoms with Gasteiger partial charge >= 0.3 is 0 Å². The van der Waals surface area contributed by atoms with Crippen molar-refractivity contribution < 1.29 is 0 Å². The van der Waals surface area contributed by atoms with E-state index < -0.39 is 0 Å². The molecule has 1 aromatic carbocycles. The van der Waals surface area contributed by atoms with Crippen LogP contribution in [0, 0.1) is 23.2 Å². The molecule has 0 aromatic heterocycles. The van der Waals surface area contributed by atoms with Gasteiger partial charge in [-0.15, -0.1) is 0 Å². The predicted octanol–water partition coefficient (Wildman–Crippen LogP) is 2.79. The van der Waals surface area contributed by atoms with Gasteiger partial charge in [-0.25, -0.2) is 0 Å². The predicted molar refractivity (Wildman–Crippen MR) is 64.2 cm³/mol. The summed E-state index contributed by atoms with van der Waals surface area (Å²) < 4.78 is 0. The fourth-order valence-corrected chi connectivity index (χ4v) is 3.28. The number of hydrogen-bond acceptors (Lipinski definition) is 2. The van der Waals surface area contributed by atoms with E-state index in [4.69, 9.17) is 5.26 Å². The zero-order chi connectivity index (χ0) is 11.0. The highest BCUT2D eigenvalue weighted by Crippen LogP contribution is 2.40. The number of fused-ring (bicyclic) bond motifs is 1. The minimum atomic E-state index is 0.822. The van der Waals surface area contributed by atoms with Crippen LogP contribution in [-0.2, 0) is 0 Å². The lowest BCUT2D eigenvalue weighted by Crippen LogP contribution is -2.21. The molecule has 16 heavy (non-hydrogen) atoms. The molecule has 1 aliphatic heterocycles. The molecule has 0 spiro atoms. The van der Waals surface area contributed by atoms with Gasteiger partial charge in [0.15, 0.2) is 0 Å². The molecule has 2 atom stereocenters. The van der Waals surface area contributed by atoms with Gasteiger partial charge in [-0.05, 0) is 36.8 Å². The van der Waals surface area contributed by atoms with Crippen molar-refractivity contribution >= 4 is 5.69 Å². The maximum Gasteiger partial charge on any atom is 0.101 e. The van der Waals surface area contributed by atoms with Crippen LogP contribution in [0.2, 0.25) is 0 Å². The van der Waals surface area contributed by atoms with Crippen LogP contribution in [0.4, 0.5) is 5.69 Å². The van der Waals surface area contributed by atoms with E-state index in [0.29, 0.717) is 0 Å². The van der Waals surface area contributed by atoms with Gasteiger partial charge in [0.1, 0.15) is 6.07 Å². The summed E-state index contributed by atoms with van der Waals surface area (Å²) in [6, 6.07) is 10.3. The number of hydrogen-bond donors (Lipinski definition) is 0. The lowest BCUT2D eigenvalue weighted by Gasteiger charge is -2.20. The van der Waals surface area contributed by atoms with E-state index in [1.807, 2.05) is 18.2 Å². The van der Waals surface area contributed by atoms with Gasteiger partial charge < -0.3 is 4.90 Å². The zero-order valence-corrected chi connectivity index (χ0v) is 9.39. The topological polar surface area (TPSA) is 27.0 Å². The van der Waals surface area contributed by atoms with Crippen molar-refractivity contribution in [1.29, 1.82) is 5.26 Å². The van der Waals surface area contributed by atoms with Crippen molar-refractivity contribution in [3.8, 4) is 6.07 Å². The van der Waals surface area contributed by atoms with E-state index in [1.54, 1.807) is 0 Å². The van der Waals surface area contributed by atoms with E-state index >= 15 is 0 Å². The summed E-state index contributed by atoms with van der Waals surface area (Å²) in [4.78, 5) is 2.41. The van der Waals surface area contributed by atoms with Crippen LogP contribution in [0.3, 0.4) is 0 Å². The first-order valence-corrected chi connectivity index (χ1v) is 6.12. The Hall–Kier alpha value is -1.49. The maximum absolute atomic E-state index is 9.11. The van der Waals surface area contributed by atoms with Crippen molar-refractivity contribution in [3.63, 3.8) is 0 Å². The van der Waals surface area contributed by atoms with Gasteiger partial charge in [-0.3, -0.25) is 0 Å². The molecular formula is C14H16N2. The molecule has 1 saturated heterocycles. The Kier molecular flexibility index (Phi) is 2.32. The zero-order valence-electron chi connectivity index (χ0n) is 9.39. The first-order valence-electron chi connectivity index (χ1n) is 6.12. The Morgan fingerprint density at radius 1 is 1.12 bits per heavy atom. The van der Waals surface area contributed by atoms with Crippen molar-refractivity contribution in [2.75, 3.05) is 18.0 Å². The van der Waals surface area contributed by atoms with Crippen LogP contribution in [0.15, 0.2) is 24.3 Å². The SMILES string of the molecule is N#Cc1ccccc1N1CC2CCCC2C1.